The van der Waals surface area contributed by atoms with Crippen molar-refractivity contribution >= 4 is 5.97 Å². The minimum atomic E-state index is -0.488. The lowest BCUT2D eigenvalue weighted by atomic mass is 9.80. The van der Waals surface area contributed by atoms with Crippen LogP contribution in [0.15, 0.2) is 0 Å². The van der Waals surface area contributed by atoms with Crippen LogP contribution in [0, 0.1) is 23.7 Å². The van der Waals surface area contributed by atoms with Gasteiger partial charge in [-0.3, -0.25) is 4.79 Å². The van der Waals surface area contributed by atoms with E-state index in [1.165, 1.54) is 0 Å². The number of hydrogen-bond acceptors (Lipinski definition) is 4. The zero-order valence-electron chi connectivity index (χ0n) is 7.09. The summed E-state index contributed by atoms with van der Waals surface area (Å²) < 4.78 is 4.94. The quantitative estimate of drug-likeness (QED) is 0.481. The maximum Gasteiger partial charge on any atom is 0.309 e. The number of rotatable bonds is 0. The highest BCUT2D eigenvalue weighted by Gasteiger charge is 2.63. The van der Waals surface area contributed by atoms with Gasteiger partial charge in [-0.05, 0) is 6.42 Å². The molecule has 2 aliphatic carbocycles. The molecule has 2 saturated carbocycles. The SMILES string of the molecule is O=C1OC[C@@H]2[C@@H]1[C@H]1C[C@H](O)[C@@H]2[C@H]1O. The highest BCUT2D eigenvalue weighted by molar-refractivity contribution is 5.76. The Hall–Kier alpha value is -0.610. The van der Waals surface area contributed by atoms with E-state index in [1.807, 2.05) is 0 Å². The Morgan fingerprint density at radius 3 is 2.85 bits per heavy atom. The number of carbonyl (C=O) groups is 1. The third-order valence-corrected chi connectivity index (χ3v) is 3.90. The molecule has 72 valence electrons. The molecule has 1 aliphatic heterocycles. The Labute approximate surface area is 75.5 Å². The van der Waals surface area contributed by atoms with E-state index < -0.39 is 12.2 Å². The number of cyclic esters (lactones) is 1. The number of fused-ring (bicyclic) bond motifs is 5. The second-order valence-electron chi connectivity index (χ2n) is 4.35. The molecule has 0 aromatic carbocycles. The van der Waals surface area contributed by atoms with Crippen LogP contribution in [-0.2, 0) is 9.53 Å². The van der Waals surface area contributed by atoms with Crippen LogP contribution in [0.1, 0.15) is 6.42 Å². The topological polar surface area (TPSA) is 66.8 Å². The number of hydrogen-bond donors (Lipinski definition) is 2. The largest absolute Gasteiger partial charge is 0.465 e. The van der Waals surface area contributed by atoms with Gasteiger partial charge >= 0.3 is 5.97 Å². The molecule has 13 heavy (non-hydrogen) atoms. The van der Waals surface area contributed by atoms with Crippen molar-refractivity contribution in [2.75, 3.05) is 6.61 Å². The molecule has 0 unspecified atom stereocenters. The van der Waals surface area contributed by atoms with Crippen LogP contribution in [0.4, 0.5) is 0 Å². The van der Waals surface area contributed by atoms with E-state index in [2.05, 4.69) is 0 Å². The predicted octanol–water partition coefficient (Wildman–Crippen LogP) is -0.853. The smallest absolute Gasteiger partial charge is 0.309 e. The molecule has 0 radical (unpaired) electrons. The molecule has 3 rings (SSSR count). The van der Waals surface area contributed by atoms with E-state index in [0.29, 0.717) is 13.0 Å². The number of ether oxygens (including phenoxy) is 1. The molecule has 6 atom stereocenters. The number of carbonyl (C=O) groups excluding carboxylic acids is 1. The van der Waals surface area contributed by atoms with Crippen molar-refractivity contribution in [2.24, 2.45) is 23.7 Å². The minimum absolute atomic E-state index is 0.0556. The van der Waals surface area contributed by atoms with Gasteiger partial charge in [-0.1, -0.05) is 0 Å². The van der Waals surface area contributed by atoms with Gasteiger partial charge in [-0.15, -0.1) is 0 Å². The first-order valence-electron chi connectivity index (χ1n) is 4.73. The highest BCUT2D eigenvalue weighted by Crippen LogP contribution is 2.55. The fourth-order valence-corrected chi connectivity index (χ4v) is 3.38. The lowest BCUT2D eigenvalue weighted by Gasteiger charge is -2.23. The lowest BCUT2D eigenvalue weighted by Crippen LogP contribution is -2.31. The molecule has 4 heteroatoms. The van der Waals surface area contributed by atoms with E-state index in [1.54, 1.807) is 0 Å². The Kier molecular flexibility index (Phi) is 1.34. The van der Waals surface area contributed by atoms with E-state index in [-0.39, 0.29) is 29.6 Å². The Balaban J connectivity index is 1.98. The van der Waals surface area contributed by atoms with Crippen LogP contribution in [0.5, 0.6) is 0 Å². The van der Waals surface area contributed by atoms with Crippen LogP contribution in [0.2, 0.25) is 0 Å². The van der Waals surface area contributed by atoms with E-state index in [0.717, 1.165) is 0 Å². The molecular formula is C9H12O4. The minimum Gasteiger partial charge on any atom is -0.465 e. The fourth-order valence-electron chi connectivity index (χ4n) is 3.38. The normalized spacial score (nSPS) is 58.2. The molecule has 3 aliphatic rings. The first-order chi connectivity index (χ1) is 6.20. The summed E-state index contributed by atoms with van der Waals surface area (Å²) in [6.45, 7) is 0.388. The Morgan fingerprint density at radius 1 is 1.31 bits per heavy atom. The van der Waals surface area contributed by atoms with Gasteiger partial charge in [0, 0.05) is 17.8 Å². The van der Waals surface area contributed by atoms with Gasteiger partial charge in [0.05, 0.1) is 24.7 Å². The maximum atomic E-state index is 11.3. The summed E-state index contributed by atoms with van der Waals surface area (Å²) in [5, 5.41) is 19.4. The second kappa shape index (κ2) is 2.25. The molecule has 0 spiro atoms. The van der Waals surface area contributed by atoms with Crippen molar-refractivity contribution in [2.45, 2.75) is 18.6 Å². The van der Waals surface area contributed by atoms with E-state index in [4.69, 9.17) is 4.74 Å². The number of esters is 1. The van der Waals surface area contributed by atoms with Gasteiger partial charge in [0.1, 0.15) is 0 Å². The lowest BCUT2D eigenvalue weighted by molar-refractivity contribution is -0.143. The molecule has 2 bridgehead atoms. The zero-order valence-corrected chi connectivity index (χ0v) is 7.09. The zero-order chi connectivity index (χ0) is 9.16. The molecule has 3 fully saturated rings. The van der Waals surface area contributed by atoms with Crippen molar-refractivity contribution in [3.05, 3.63) is 0 Å². The van der Waals surface area contributed by atoms with Crippen LogP contribution < -0.4 is 0 Å². The van der Waals surface area contributed by atoms with Crippen LogP contribution in [0.25, 0.3) is 0 Å². The molecule has 0 amide bonds. The molecule has 0 aromatic heterocycles. The molecule has 4 nitrogen and oxygen atoms in total. The summed E-state index contributed by atoms with van der Waals surface area (Å²) in [5.41, 5.74) is 0. The molecule has 0 aromatic rings. The third-order valence-electron chi connectivity index (χ3n) is 3.90. The standard InChI is InChI=1S/C9H12O4/c10-5-1-3-6-4(2-13-9(6)12)7(5)8(3)11/h3-8,10-11H,1-2H2/t3-,4-,5+,6+,7-,8+/m1/s1. The van der Waals surface area contributed by atoms with Gasteiger partial charge in [0.2, 0.25) is 0 Å². The van der Waals surface area contributed by atoms with Crippen LogP contribution >= 0.6 is 0 Å². The van der Waals surface area contributed by atoms with Crippen molar-refractivity contribution in [3.8, 4) is 0 Å². The van der Waals surface area contributed by atoms with Crippen molar-refractivity contribution in [1.82, 2.24) is 0 Å². The average Bonchev–Trinajstić information content (AvgIpc) is 2.64. The van der Waals surface area contributed by atoms with Crippen molar-refractivity contribution < 1.29 is 19.7 Å². The molecular weight excluding hydrogens is 172 g/mol. The van der Waals surface area contributed by atoms with E-state index >= 15 is 0 Å². The van der Waals surface area contributed by atoms with Gasteiger partial charge in [-0.2, -0.15) is 0 Å². The number of aliphatic hydroxyl groups is 2. The van der Waals surface area contributed by atoms with Crippen LogP contribution in [0.3, 0.4) is 0 Å². The summed E-state index contributed by atoms with van der Waals surface area (Å²) in [4.78, 5) is 11.3. The Bertz CT molecular complexity index is 262. The average molecular weight is 184 g/mol. The first kappa shape index (κ1) is 7.76. The predicted molar refractivity (Wildman–Crippen MR) is 41.5 cm³/mol. The highest BCUT2D eigenvalue weighted by atomic mass is 16.5. The summed E-state index contributed by atoms with van der Waals surface area (Å²) in [7, 11) is 0. The summed E-state index contributed by atoms with van der Waals surface area (Å²) in [6, 6.07) is 0. The van der Waals surface area contributed by atoms with Gasteiger partial charge in [-0.25, -0.2) is 0 Å². The fraction of sp³-hybridized carbons (Fsp3) is 0.889. The van der Waals surface area contributed by atoms with E-state index in [9.17, 15) is 15.0 Å². The summed E-state index contributed by atoms with van der Waals surface area (Å²) in [6.07, 6.45) is -0.365. The van der Waals surface area contributed by atoms with Crippen molar-refractivity contribution in [3.63, 3.8) is 0 Å². The van der Waals surface area contributed by atoms with Crippen molar-refractivity contribution in [1.29, 1.82) is 0 Å². The summed E-state index contributed by atoms with van der Waals surface area (Å²) in [5.74, 6) is -0.426. The third kappa shape index (κ3) is 0.758. The molecule has 1 heterocycles. The van der Waals surface area contributed by atoms with Gasteiger partial charge in [0.25, 0.3) is 0 Å². The second-order valence-corrected chi connectivity index (χ2v) is 4.35. The molecule has 2 N–H and O–H groups in total. The monoisotopic (exact) mass is 184 g/mol. The molecule has 1 saturated heterocycles. The number of aliphatic hydroxyl groups excluding tert-OH is 2. The van der Waals surface area contributed by atoms with Gasteiger partial charge in [0.15, 0.2) is 0 Å². The Morgan fingerprint density at radius 2 is 2.08 bits per heavy atom. The van der Waals surface area contributed by atoms with Gasteiger partial charge < -0.3 is 14.9 Å². The first-order valence-corrected chi connectivity index (χ1v) is 4.73. The van der Waals surface area contributed by atoms with Crippen LogP contribution in [-0.4, -0.2) is 35.0 Å². The maximum absolute atomic E-state index is 11.3. The summed E-state index contributed by atoms with van der Waals surface area (Å²) >= 11 is 0.